The van der Waals surface area contributed by atoms with Gasteiger partial charge < -0.3 is 5.73 Å². The smallest absolute Gasteiger partial charge is 0.0103 e. The van der Waals surface area contributed by atoms with Crippen molar-refractivity contribution >= 4 is 0 Å². The Kier molecular flexibility index (Phi) is 1.90. The van der Waals surface area contributed by atoms with Gasteiger partial charge in [0.2, 0.25) is 0 Å². The van der Waals surface area contributed by atoms with E-state index in [4.69, 9.17) is 5.73 Å². The Balaban J connectivity index is 1.80. The van der Waals surface area contributed by atoms with E-state index in [1.165, 1.54) is 25.7 Å². The molecule has 4 fully saturated rings. The van der Waals surface area contributed by atoms with Crippen LogP contribution in [0, 0.1) is 23.2 Å². The number of hydrogen-bond donors (Lipinski definition) is 1. The van der Waals surface area contributed by atoms with Gasteiger partial charge in [-0.15, -0.1) is 0 Å². The highest BCUT2D eigenvalue weighted by molar-refractivity contribution is 5.03. The van der Waals surface area contributed by atoms with Gasteiger partial charge in [-0.2, -0.15) is 0 Å². The quantitative estimate of drug-likeness (QED) is 0.713. The average molecular weight is 191 g/mol. The standard InChI is InChI=1S/C13H21N/c14-3-1-2-13-7-10-4-11(8-13)6-12(5-10)9-13/h1,3,10-12H,2,4-9,14H2. The van der Waals surface area contributed by atoms with Crippen molar-refractivity contribution < 1.29 is 0 Å². The average Bonchev–Trinajstić information content (AvgIpc) is 2.12. The van der Waals surface area contributed by atoms with E-state index in [0.717, 1.165) is 17.8 Å². The summed E-state index contributed by atoms with van der Waals surface area (Å²) in [6, 6.07) is 0. The maximum absolute atomic E-state index is 5.48. The van der Waals surface area contributed by atoms with Crippen molar-refractivity contribution in [1.82, 2.24) is 0 Å². The zero-order valence-corrected chi connectivity index (χ0v) is 8.91. The van der Waals surface area contributed by atoms with Gasteiger partial charge >= 0.3 is 0 Å². The van der Waals surface area contributed by atoms with Crippen LogP contribution >= 0.6 is 0 Å². The Morgan fingerprint density at radius 3 is 1.93 bits per heavy atom. The zero-order valence-electron chi connectivity index (χ0n) is 8.91. The van der Waals surface area contributed by atoms with Crippen molar-refractivity contribution in [3.05, 3.63) is 12.3 Å². The third kappa shape index (κ3) is 1.29. The summed E-state index contributed by atoms with van der Waals surface area (Å²) in [6.07, 6.45) is 14.4. The van der Waals surface area contributed by atoms with Crippen LogP contribution in [0.15, 0.2) is 12.3 Å². The molecule has 0 heterocycles. The highest BCUT2D eigenvalue weighted by Crippen LogP contribution is 2.61. The molecular weight excluding hydrogens is 170 g/mol. The monoisotopic (exact) mass is 191 g/mol. The topological polar surface area (TPSA) is 26.0 Å². The van der Waals surface area contributed by atoms with Crippen LogP contribution in [0.2, 0.25) is 0 Å². The van der Waals surface area contributed by atoms with Crippen molar-refractivity contribution in [3.63, 3.8) is 0 Å². The van der Waals surface area contributed by atoms with E-state index in [1.807, 2.05) is 0 Å². The van der Waals surface area contributed by atoms with E-state index in [-0.39, 0.29) is 0 Å². The largest absolute Gasteiger partial charge is 0.405 e. The van der Waals surface area contributed by atoms with E-state index in [2.05, 4.69) is 6.08 Å². The molecule has 0 aromatic heterocycles. The van der Waals surface area contributed by atoms with Crippen LogP contribution in [-0.2, 0) is 0 Å². The van der Waals surface area contributed by atoms with Gasteiger partial charge in [-0.05, 0) is 74.3 Å². The van der Waals surface area contributed by atoms with E-state index < -0.39 is 0 Å². The molecule has 2 N–H and O–H groups in total. The van der Waals surface area contributed by atoms with Gasteiger partial charge in [0.1, 0.15) is 0 Å². The van der Waals surface area contributed by atoms with Crippen molar-refractivity contribution in [1.29, 1.82) is 0 Å². The Bertz CT molecular complexity index is 219. The maximum Gasteiger partial charge on any atom is -0.0103 e. The fourth-order valence-corrected chi connectivity index (χ4v) is 4.86. The van der Waals surface area contributed by atoms with Crippen LogP contribution in [0.1, 0.15) is 44.9 Å². The van der Waals surface area contributed by atoms with Crippen LogP contribution in [0.4, 0.5) is 0 Å². The van der Waals surface area contributed by atoms with Crippen molar-refractivity contribution in [3.8, 4) is 0 Å². The number of nitrogens with two attached hydrogens (primary N) is 1. The third-order valence-electron chi connectivity index (χ3n) is 4.85. The minimum Gasteiger partial charge on any atom is -0.405 e. The summed E-state index contributed by atoms with van der Waals surface area (Å²) in [5.74, 6) is 3.23. The molecule has 1 heteroatoms. The van der Waals surface area contributed by atoms with Crippen LogP contribution in [0.25, 0.3) is 0 Å². The number of allylic oxidation sites excluding steroid dienone is 1. The van der Waals surface area contributed by atoms with E-state index in [9.17, 15) is 0 Å². The lowest BCUT2D eigenvalue weighted by molar-refractivity contribution is -0.0506. The van der Waals surface area contributed by atoms with Gasteiger partial charge in [-0.25, -0.2) is 0 Å². The molecule has 14 heavy (non-hydrogen) atoms. The lowest BCUT2D eigenvalue weighted by atomic mass is 9.49. The second-order valence-corrected chi connectivity index (χ2v) is 6.05. The molecule has 78 valence electrons. The number of hydrogen-bond acceptors (Lipinski definition) is 1. The molecule has 0 aromatic rings. The van der Waals surface area contributed by atoms with Gasteiger partial charge in [0.05, 0.1) is 0 Å². The Morgan fingerprint density at radius 2 is 1.50 bits per heavy atom. The fraction of sp³-hybridized carbons (Fsp3) is 0.846. The summed E-state index contributed by atoms with van der Waals surface area (Å²) in [7, 11) is 0. The van der Waals surface area contributed by atoms with E-state index >= 15 is 0 Å². The van der Waals surface area contributed by atoms with Crippen LogP contribution in [0.5, 0.6) is 0 Å². The van der Waals surface area contributed by atoms with Crippen LogP contribution < -0.4 is 5.73 Å². The molecule has 0 atom stereocenters. The molecule has 4 aliphatic rings. The van der Waals surface area contributed by atoms with Crippen LogP contribution in [0.3, 0.4) is 0 Å². The van der Waals surface area contributed by atoms with Gasteiger partial charge in [0.25, 0.3) is 0 Å². The Morgan fingerprint density at radius 1 is 1.00 bits per heavy atom. The van der Waals surface area contributed by atoms with E-state index in [0.29, 0.717) is 5.41 Å². The third-order valence-corrected chi connectivity index (χ3v) is 4.85. The normalized spacial score (nSPS) is 50.4. The molecule has 0 saturated heterocycles. The second-order valence-electron chi connectivity index (χ2n) is 6.05. The summed E-state index contributed by atoms with van der Waals surface area (Å²) >= 11 is 0. The summed E-state index contributed by atoms with van der Waals surface area (Å²) in [4.78, 5) is 0. The molecular formula is C13H21N. The first kappa shape index (κ1) is 8.82. The predicted octanol–water partition coefficient (Wildman–Crippen LogP) is 3.07. The minimum atomic E-state index is 0.685. The predicted molar refractivity (Wildman–Crippen MR) is 58.5 cm³/mol. The first-order valence-corrected chi connectivity index (χ1v) is 6.16. The molecule has 0 unspecified atom stereocenters. The molecule has 4 bridgehead atoms. The number of rotatable bonds is 2. The maximum atomic E-state index is 5.48. The molecule has 0 amide bonds. The molecule has 0 aromatic carbocycles. The summed E-state index contributed by atoms with van der Waals surface area (Å²) in [5, 5.41) is 0. The SMILES string of the molecule is NC=CCC12CC3CC(CC(C3)C1)C2. The summed E-state index contributed by atoms with van der Waals surface area (Å²) < 4.78 is 0. The van der Waals surface area contributed by atoms with E-state index in [1.54, 1.807) is 25.5 Å². The molecule has 4 rings (SSSR count). The van der Waals surface area contributed by atoms with Gasteiger partial charge in [-0.3, -0.25) is 0 Å². The van der Waals surface area contributed by atoms with Crippen molar-refractivity contribution in [2.24, 2.45) is 28.9 Å². The molecule has 0 radical (unpaired) electrons. The molecule has 4 saturated carbocycles. The summed E-state index contributed by atoms with van der Waals surface area (Å²) in [5.41, 5.74) is 6.16. The Labute approximate surface area is 86.8 Å². The molecule has 4 aliphatic carbocycles. The highest BCUT2D eigenvalue weighted by atomic mass is 14.6. The van der Waals surface area contributed by atoms with Gasteiger partial charge in [-0.1, -0.05) is 6.08 Å². The lowest BCUT2D eigenvalue weighted by Gasteiger charge is -2.56. The second kappa shape index (κ2) is 3.01. The summed E-state index contributed by atoms with van der Waals surface area (Å²) in [6.45, 7) is 0. The zero-order chi connectivity index (χ0) is 9.60. The fourth-order valence-electron chi connectivity index (χ4n) is 4.86. The van der Waals surface area contributed by atoms with Gasteiger partial charge in [0, 0.05) is 0 Å². The van der Waals surface area contributed by atoms with Gasteiger partial charge in [0.15, 0.2) is 0 Å². The first-order chi connectivity index (χ1) is 6.80. The first-order valence-electron chi connectivity index (χ1n) is 6.16. The highest BCUT2D eigenvalue weighted by Gasteiger charge is 2.49. The molecule has 0 aliphatic heterocycles. The van der Waals surface area contributed by atoms with Crippen molar-refractivity contribution in [2.45, 2.75) is 44.9 Å². The van der Waals surface area contributed by atoms with Crippen molar-refractivity contribution in [2.75, 3.05) is 0 Å². The lowest BCUT2D eigenvalue weighted by Crippen LogP contribution is -2.45. The Hall–Kier alpha value is -0.460. The minimum absolute atomic E-state index is 0.685. The van der Waals surface area contributed by atoms with Crippen LogP contribution in [-0.4, -0.2) is 0 Å². The molecule has 0 spiro atoms. The molecule has 1 nitrogen and oxygen atoms in total.